The first-order chi connectivity index (χ1) is 11.8. The van der Waals surface area contributed by atoms with Crippen molar-refractivity contribution < 1.29 is 4.74 Å². The number of ether oxygens (including phenoxy) is 1. The summed E-state index contributed by atoms with van der Waals surface area (Å²) < 4.78 is 6.53. The standard InChI is InChI=1S/C22H29NO.ClH/c1-2-17-24-22(20-9-5-3-6-10-20,21-11-7-4-8-12-21)15-16-23-18-19-13-14-19;/h3-12,19,23H,2,13-18H2,1H3;1H. The Morgan fingerprint density at radius 1 is 0.960 bits per heavy atom. The first-order valence-corrected chi connectivity index (χ1v) is 9.31. The maximum atomic E-state index is 6.53. The smallest absolute Gasteiger partial charge is 0.119 e. The highest BCUT2D eigenvalue weighted by molar-refractivity contribution is 5.85. The third-order valence-corrected chi connectivity index (χ3v) is 4.82. The molecule has 1 aliphatic carbocycles. The number of hydrogen-bond donors (Lipinski definition) is 1. The Balaban J connectivity index is 0.00000225. The molecule has 1 N–H and O–H groups in total. The van der Waals surface area contributed by atoms with Gasteiger partial charge in [-0.25, -0.2) is 0 Å². The Kier molecular flexibility index (Phi) is 7.95. The van der Waals surface area contributed by atoms with Crippen LogP contribution >= 0.6 is 12.4 Å². The van der Waals surface area contributed by atoms with Crippen LogP contribution in [0.4, 0.5) is 0 Å². The molecule has 0 spiro atoms. The molecule has 1 saturated carbocycles. The van der Waals surface area contributed by atoms with Gasteiger partial charge in [0.05, 0.1) is 0 Å². The lowest BCUT2D eigenvalue weighted by molar-refractivity contribution is -0.0242. The van der Waals surface area contributed by atoms with Gasteiger partial charge in [-0.15, -0.1) is 12.4 Å². The van der Waals surface area contributed by atoms with Gasteiger partial charge in [0.15, 0.2) is 0 Å². The summed E-state index contributed by atoms with van der Waals surface area (Å²) in [5, 5.41) is 3.64. The molecule has 136 valence electrons. The van der Waals surface area contributed by atoms with Crippen LogP contribution in [0.3, 0.4) is 0 Å². The van der Waals surface area contributed by atoms with E-state index in [1.54, 1.807) is 0 Å². The van der Waals surface area contributed by atoms with E-state index in [0.29, 0.717) is 0 Å². The van der Waals surface area contributed by atoms with Crippen molar-refractivity contribution in [2.24, 2.45) is 5.92 Å². The zero-order chi connectivity index (χ0) is 16.7. The van der Waals surface area contributed by atoms with E-state index in [2.05, 4.69) is 72.9 Å². The van der Waals surface area contributed by atoms with Gasteiger partial charge in [-0.2, -0.15) is 0 Å². The number of benzene rings is 2. The molecule has 3 rings (SSSR count). The molecule has 0 atom stereocenters. The molecule has 0 amide bonds. The van der Waals surface area contributed by atoms with E-state index in [4.69, 9.17) is 4.74 Å². The molecule has 2 nitrogen and oxygen atoms in total. The molecule has 1 aliphatic rings. The van der Waals surface area contributed by atoms with Crippen LogP contribution in [0.2, 0.25) is 0 Å². The normalized spacial score (nSPS) is 14.1. The molecule has 1 fully saturated rings. The second kappa shape index (κ2) is 9.96. The summed E-state index contributed by atoms with van der Waals surface area (Å²) in [6, 6.07) is 21.4. The van der Waals surface area contributed by atoms with Crippen molar-refractivity contribution in [1.82, 2.24) is 5.32 Å². The summed E-state index contributed by atoms with van der Waals surface area (Å²) in [6.45, 7) is 5.07. The SMILES string of the molecule is CCCOC(CCNCC1CC1)(c1ccccc1)c1ccccc1.Cl. The molecule has 0 aromatic heterocycles. The zero-order valence-electron chi connectivity index (χ0n) is 15.1. The lowest BCUT2D eigenvalue weighted by Crippen LogP contribution is -2.36. The van der Waals surface area contributed by atoms with Crippen LogP contribution in [0.15, 0.2) is 60.7 Å². The van der Waals surface area contributed by atoms with Crippen LogP contribution in [0, 0.1) is 5.92 Å². The fourth-order valence-corrected chi connectivity index (χ4v) is 3.28. The van der Waals surface area contributed by atoms with Crippen molar-refractivity contribution >= 4 is 12.4 Å². The number of halogens is 1. The molecule has 0 heterocycles. The van der Waals surface area contributed by atoms with Crippen LogP contribution in [-0.4, -0.2) is 19.7 Å². The van der Waals surface area contributed by atoms with E-state index in [-0.39, 0.29) is 18.0 Å². The van der Waals surface area contributed by atoms with Crippen molar-refractivity contribution in [2.45, 2.75) is 38.2 Å². The molecule has 0 unspecified atom stereocenters. The van der Waals surface area contributed by atoms with E-state index >= 15 is 0 Å². The largest absolute Gasteiger partial charge is 0.366 e. The van der Waals surface area contributed by atoms with E-state index in [1.165, 1.54) is 24.0 Å². The summed E-state index contributed by atoms with van der Waals surface area (Å²) >= 11 is 0. The molecule has 2 aromatic rings. The highest BCUT2D eigenvalue weighted by Crippen LogP contribution is 2.37. The quantitative estimate of drug-likeness (QED) is 0.591. The summed E-state index contributed by atoms with van der Waals surface area (Å²) in [5.41, 5.74) is 2.13. The predicted octanol–water partition coefficient (Wildman–Crippen LogP) is 5.17. The summed E-state index contributed by atoms with van der Waals surface area (Å²) in [7, 11) is 0. The fraction of sp³-hybridized carbons (Fsp3) is 0.455. The molecule has 0 aliphatic heterocycles. The van der Waals surface area contributed by atoms with Crippen LogP contribution in [0.25, 0.3) is 0 Å². The molecule has 25 heavy (non-hydrogen) atoms. The third kappa shape index (κ3) is 5.31. The number of hydrogen-bond acceptors (Lipinski definition) is 2. The Bertz CT molecular complexity index is 558. The maximum Gasteiger partial charge on any atom is 0.119 e. The first kappa shape index (κ1) is 20.0. The predicted molar refractivity (Wildman–Crippen MR) is 107 cm³/mol. The fourth-order valence-electron chi connectivity index (χ4n) is 3.28. The van der Waals surface area contributed by atoms with Crippen LogP contribution in [-0.2, 0) is 10.3 Å². The molecule has 0 radical (unpaired) electrons. The van der Waals surface area contributed by atoms with Gasteiger partial charge >= 0.3 is 0 Å². The summed E-state index contributed by atoms with van der Waals surface area (Å²) in [6.07, 6.45) is 4.76. The molecule has 0 bridgehead atoms. The monoisotopic (exact) mass is 359 g/mol. The van der Waals surface area contributed by atoms with Gasteiger partial charge in [-0.1, -0.05) is 67.6 Å². The molecule has 3 heteroatoms. The summed E-state index contributed by atoms with van der Waals surface area (Å²) in [5.74, 6) is 0.907. The van der Waals surface area contributed by atoms with E-state index in [1.807, 2.05) is 0 Å². The van der Waals surface area contributed by atoms with Crippen molar-refractivity contribution in [3.63, 3.8) is 0 Å². The van der Waals surface area contributed by atoms with E-state index in [9.17, 15) is 0 Å². The zero-order valence-corrected chi connectivity index (χ0v) is 15.9. The molecule has 0 saturated heterocycles. The lowest BCUT2D eigenvalue weighted by Gasteiger charge is -2.35. The van der Waals surface area contributed by atoms with Gasteiger partial charge in [0.2, 0.25) is 0 Å². The van der Waals surface area contributed by atoms with E-state index in [0.717, 1.165) is 38.5 Å². The number of nitrogens with one attached hydrogen (secondary N) is 1. The Hall–Kier alpha value is -1.35. The Labute approximate surface area is 158 Å². The van der Waals surface area contributed by atoms with Crippen molar-refractivity contribution in [1.29, 1.82) is 0 Å². The molecular weight excluding hydrogens is 330 g/mol. The third-order valence-electron chi connectivity index (χ3n) is 4.82. The van der Waals surface area contributed by atoms with E-state index < -0.39 is 0 Å². The maximum absolute atomic E-state index is 6.53. The first-order valence-electron chi connectivity index (χ1n) is 9.31. The minimum atomic E-state index is -0.366. The summed E-state index contributed by atoms with van der Waals surface area (Å²) in [4.78, 5) is 0. The average molecular weight is 360 g/mol. The van der Waals surface area contributed by atoms with Crippen molar-refractivity contribution in [2.75, 3.05) is 19.7 Å². The average Bonchev–Trinajstić information content (AvgIpc) is 3.47. The molecular formula is C22H30ClNO. The van der Waals surface area contributed by atoms with Gasteiger partial charge in [0, 0.05) is 6.61 Å². The van der Waals surface area contributed by atoms with Gasteiger partial charge in [-0.05, 0) is 55.8 Å². The minimum Gasteiger partial charge on any atom is -0.366 e. The Morgan fingerprint density at radius 2 is 1.52 bits per heavy atom. The van der Waals surface area contributed by atoms with Crippen LogP contribution in [0.5, 0.6) is 0 Å². The van der Waals surface area contributed by atoms with Gasteiger partial charge in [-0.3, -0.25) is 0 Å². The molecule has 2 aromatic carbocycles. The van der Waals surface area contributed by atoms with Crippen molar-refractivity contribution in [3.05, 3.63) is 71.8 Å². The minimum absolute atomic E-state index is 0. The van der Waals surface area contributed by atoms with Crippen LogP contribution < -0.4 is 5.32 Å². The Morgan fingerprint density at radius 3 is 2.00 bits per heavy atom. The van der Waals surface area contributed by atoms with Crippen molar-refractivity contribution in [3.8, 4) is 0 Å². The lowest BCUT2D eigenvalue weighted by atomic mass is 9.83. The highest BCUT2D eigenvalue weighted by Gasteiger charge is 2.34. The van der Waals surface area contributed by atoms with Gasteiger partial charge in [0.1, 0.15) is 5.60 Å². The van der Waals surface area contributed by atoms with Crippen LogP contribution in [0.1, 0.15) is 43.7 Å². The number of rotatable bonds is 10. The van der Waals surface area contributed by atoms with Gasteiger partial charge < -0.3 is 10.1 Å². The second-order valence-corrected chi connectivity index (χ2v) is 6.81. The highest BCUT2D eigenvalue weighted by atomic mass is 35.5. The van der Waals surface area contributed by atoms with Gasteiger partial charge in [0.25, 0.3) is 0 Å². The topological polar surface area (TPSA) is 21.3 Å². The second-order valence-electron chi connectivity index (χ2n) is 6.81.